The third-order valence-electron chi connectivity index (χ3n) is 3.28. The van der Waals surface area contributed by atoms with Gasteiger partial charge in [-0.15, -0.1) is 0 Å². The highest BCUT2D eigenvalue weighted by molar-refractivity contribution is 5.45. The summed E-state index contributed by atoms with van der Waals surface area (Å²) in [5.41, 5.74) is 3.40. The van der Waals surface area contributed by atoms with Crippen LogP contribution < -0.4 is 4.74 Å². The lowest BCUT2D eigenvalue weighted by Gasteiger charge is -2.26. The Morgan fingerprint density at radius 1 is 1.12 bits per heavy atom. The molecule has 0 radical (unpaired) electrons. The normalized spacial score (nSPS) is 18.8. The van der Waals surface area contributed by atoms with E-state index in [2.05, 4.69) is 13.8 Å². The van der Waals surface area contributed by atoms with E-state index >= 15 is 0 Å². The molecular formula is C13H18O3. The van der Waals surface area contributed by atoms with Crippen molar-refractivity contribution < 1.29 is 14.2 Å². The van der Waals surface area contributed by atoms with Crippen LogP contribution in [0.1, 0.15) is 23.6 Å². The van der Waals surface area contributed by atoms with Crippen molar-refractivity contribution in [1.29, 1.82) is 0 Å². The minimum Gasteiger partial charge on any atom is -0.496 e. The number of hydrogen-bond donors (Lipinski definition) is 0. The van der Waals surface area contributed by atoms with Gasteiger partial charge in [0.2, 0.25) is 0 Å². The van der Waals surface area contributed by atoms with E-state index in [1.54, 1.807) is 7.11 Å². The van der Waals surface area contributed by atoms with Gasteiger partial charge in [-0.3, -0.25) is 0 Å². The fraction of sp³-hybridized carbons (Fsp3) is 0.538. The summed E-state index contributed by atoms with van der Waals surface area (Å²) in [7, 11) is 1.69. The average molecular weight is 222 g/mol. The number of rotatable bonds is 2. The minimum absolute atomic E-state index is 0.596. The van der Waals surface area contributed by atoms with Crippen molar-refractivity contribution in [1.82, 2.24) is 0 Å². The Balaban J connectivity index is 2.46. The molecule has 1 aliphatic rings. The van der Waals surface area contributed by atoms with Crippen molar-refractivity contribution >= 4 is 0 Å². The van der Waals surface area contributed by atoms with Crippen LogP contribution in [0.2, 0.25) is 0 Å². The fourth-order valence-corrected chi connectivity index (χ4v) is 2.18. The molecule has 88 valence electrons. The van der Waals surface area contributed by atoms with E-state index in [0.29, 0.717) is 13.2 Å². The lowest BCUT2D eigenvalue weighted by molar-refractivity contribution is -0.150. The second kappa shape index (κ2) is 4.07. The Morgan fingerprint density at radius 2 is 1.75 bits per heavy atom. The average Bonchev–Trinajstić information content (AvgIpc) is 2.70. The zero-order valence-electron chi connectivity index (χ0n) is 10.3. The molecule has 0 bridgehead atoms. The molecule has 0 amide bonds. The first kappa shape index (κ1) is 11.4. The molecule has 0 atom stereocenters. The highest BCUT2D eigenvalue weighted by Crippen LogP contribution is 2.36. The van der Waals surface area contributed by atoms with Crippen LogP contribution in [0.25, 0.3) is 0 Å². The van der Waals surface area contributed by atoms with Crippen LogP contribution in [0.5, 0.6) is 5.75 Å². The Morgan fingerprint density at radius 3 is 2.31 bits per heavy atom. The summed E-state index contributed by atoms with van der Waals surface area (Å²) in [5, 5.41) is 0. The summed E-state index contributed by atoms with van der Waals surface area (Å²) in [5.74, 6) is 0.309. The Kier molecular flexibility index (Phi) is 2.91. The van der Waals surface area contributed by atoms with Crippen LogP contribution in [0.4, 0.5) is 0 Å². The summed E-state index contributed by atoms with van der Waals surface area (Å²) < 4.78 is 16.6. The van der Waals surface area contributed by atoms with E-state index < -0.39 is 5.79 Å². The van der Waals surface area contributed by atoms with Gasteiger partial charge in [-0.2, -0.15) is 0 Å². The summed E-state index contributed by atoms with van der Waals surface area (Å²) in [6, 6.07) is 3.99. The maximum Gasteiger partial charge on any atom is 0.192 e. The van der Waals surface area contributed by atoms with Gasteiger partial charge in [-0.05, 0) is 44.0 Å². The van der Waals surface area contributed by atoms with Crippen molar-refractivity contribution in [3.05, 3.63) is 28.8 Å². The third kappa shape index (κ3) is 1.70. The Bertz CT molecular complexity index is 392. The van der Waals surface area contributed by atoms with Crippen molar-refractivity contribution in [2.75, 3.05) is 20.3 Å². The van der Waals surface area contributed by atoms with Crippen molar-refractivity contribution in [2.45, 2.75) is 26.6 Å². The molecule has 0 N–H and O–H groups in total. The zero-order valence-corrected chi connectivity index (χ0v) is 10.3. The predicted octanol–water partition coefficient (Wildman–Crippen LogP) is 2.53. The van der Waals surface area contributed by atoms with Gasteiger partial charge in [0.15, 0.2) is 5.79 Å². The van der Waals surface area contributed by atoms with Crippen molar-refractivity contribution in [3.8, 4) is 5.75 Å². The molecule has 0 aliphatic carbocycles. The Hall–Kier alpha value is -1.06. The van der Waals surface area contributed by atoms with E-state index in [9.17, 15) is 0 Å². The van der Waals surface area contributed by atoms with Gasteiger partial charge in [0, 0.05) is 5.56 Å². The first-order valence-corrected chi connectivity index (χ1v) is 5.51. The highest BCUT2D eigenvalue weighted by atomic mass is 16.7. The standard InChI is InChI=1S/C13H18O3/c1-9-10(2)12(14-4)6-5-11(9)13(3)15-7-8-16-13/h5-6H,7-8H2,1-4H3. The summed E-state index contributed by atoms with van der Waals surface area (Å²) >= 11 is 0. The first-order chi connectivity index (χ1) is 7.58. The predicted molar refractivity (Wildman–Crippen MR) is 61.7 cm³/mol. The molecule has 16 heavy (non-hydrogen) atoms. The molecule has 0 saturated carbocycles. The molecule has 1 aromatic rings. The maximum absolute atomic E-state index is 5.67. The van der Waals surface area contributed by atoms with Crippen LogP contribution >= 0.6 is 0 Å². The van der Waals surface area contributed by atoms with Gasteiger partial charge in [0.1, 0.15) is 5.75 Å². The van der Waals surface area contributed by atoms with Crippen molar-refractivity contribution in [3.63, 3.8) is 0 Å². The molecule has 1 heterocycles. The van der Waals surface area contributed by atoms with E-state index in [0.717, 1.165) is 16.9 Å². The van der Waals surface area contributed by atoms with Gasteiger partial charge in [0.25, 0.3) is 0 Å². The van der Waals surface area contributed by atoms with Gasteiger partial charge in [0.05, 0.1) is 20.3 Å². The highest BCUT2D eigenvalue weighted by Gasteiger charge is 2.34. The SMILES string of the molecule is COc1ccc(C2(C)OCCO2)c(C)c1C. The lowest BCUT2D eigenvalue weighted by atomic mass is 9.97. The van der Waals surface area contributed by atoms with Crippen LogP contribution in [-0.4, -0.2) is 20.3 Å². The lowest BCUT2D eigenvalue weighted by Crippen LogP contribution is -2.24. The number of benzene rings is 1. The molecule has 1 aliphatic heterocycles. The van der Waals surface area contributed by atoms with Gasteiger partial charge in [-0.1, -0.05) is 0 Å². The van der Waals surface area contributed by atoms with E-state index in [-0.39, 0.29) is 0 Å². The zero-order chi connectivity index (χ0) is 11.8. The Labute approximate surface area is 96.3 Å². The first-order valence-electron chi connectivity index (χ1n) is 5.51. The monoisotopic (exact) mass is 222 g/mol. The van der Waals surface area contributed by atoms with Gasteiger partial charge in [-0.25, -0.2) is 0 Å². The third-order valence-corrected chi connectivity index (χ3v) is 3.28. The summed E-state index contributed by atoms with van der Waals surface area (Å²) in [4.78, 5) is 0. The van der Waals surface area contributed by atoms with Gasteiger partial charge < -0.3 is 14.2 Å². The summed E-state index contributed by atoms with van der Waals surface area (Å²) in [6.07, 6.45) is 0. The number of ether oxygens (including phenoxy) is 3. The fourth-order valence-electron chi connectivity index (χ4n) is 2.18. The second-order valence-corrected chi connectivity index (χ2v) is 4.21. The van der Waals surface area contributed by atoms with E-state index in [1.165, 1.54) is 5.56 Å². The minimum atomic E-state index is -0.596. The van der Waals surface area contributed by atoms with Crippen molar-refractivity contribution in [2.24, 2.45) is 0 Å². The molecule has 0 aromatic heterocycles. The van der Waals surface area contributed by atoms with E-state index in [1.807, 2.05) is 19.1 Å². The van der Waals surface area contributed by atoms with Crippen LogP contribution in [0.15, 0.2) is 12.1 Å². The maximum atomic E-state index is 5.67. The summed E-state index contributed by atoms with van der Waals surface area (Å²) in [6.45, 7) is 7.40. The van der Waals surface area contributed by atoms with Crippen LogP contribution in [-0.2, 0) is 15.3 Å². The topological polar surface area (TPSA) is 27.7 Å². The number of hydrogen-bond acceptors (Lipinski definition) is 3. The molecule has 3 nitrogen and oxygen atoms in total. The molecule has 3 heteroatoms. The molecule has 1 aromatic carbocycles. The molecular weight excluding hydrogens is 204 g/mol. The molecule has 0 unspecified atom stereocenters. The molecule has 2 rings (SSSR count). The smallest absolute Gasteiger partial charge is 0.192 e. The molecule has 1 saturated heterocycles. The van der Waals surface area contributed by atoms with Crippen LogP contribution in [0.3, 0.4) is 0 Å². The molecule has 1 fully saturated rings. The largest absolute Gasteiger partial charge is 0.496 e. The second-order valence-electron chi connectivity index (χ2n) is 4.21. The number of methoxy groups -OCH3 is 1. The quantitative estimate of drug-likeness (QED) is 0.769. The van der Waals surface area contributed by atoms with E-state index in [4.69, 9.17) is 14.2 Å². The van der Waals surface area contributed by atoms with Crippen LogP contribution in [0, 0.1) is 13.8 Å². The van der Waals surface area contributed by atoms with Gasteiger partial charge >= 0.3 is 0 Å². The molecule has 0 spiro atoms.